The summed E-state index contributed by atoms with van der Waals surface area (Å²) >= 11 is 6.82. The molecule has 4 nitrogen and oxygen atoms in total. The van der Waals surface area contributed by atoms with Gasteiger partial charge in [0.2, 0.25) is 0 Å². The molecule has 0 aliphatic carbocycles. The molecule has 0 fully saturated rings. The average Bonchev–Trinajstić information content (AvgIpc) is 2.51. The number of carbonyl (C=O) groups is 1. The van der Waals surface area contributed by atoms with Crippen molar-refractivity contribution in [3.63, 3.8) is 0 Å². The van der Waals surface area contributed by atoms with Gasteiger partial charge in [0.05, 0.1) is 16.8 Å². The quantitative estimate of drug-likeness (QED) is 0.689. The van der Waals surface area contributed by atoms with Crippen LogP contribution in [-0.2, 0) is 4.74 Å². The number of rotatable bonds is 6. The lowest BCUT2D eigenvalue weighted by molar-refractivity contribution is 0.102. The first kappa shape index (κ1) is 17.0. The van der Waals surface area contributed by atoms with Gasteiger partial charge in [0.15, 0.2) is 0 Å². The molecule has 0 saturated carbocycles. The van der Waals surface area contributed by atoms with Crippen molar-refractivity contribution >= 4 is 43.5 Å². The van der Waals surface area contributed by atoms with E-state index in [1.807, 2.05) is 24.3 Å². The number of amides is 1. The first-order valence-electron chi connectivity index (χ1n) is 6.59. The van der Waals surface area contributed by atoms with Crippen LogP contribution in [0, 0.1) is 0 Å². The Morgan fingerprint density at radius 1 is 1.09 bits per heavy atom. The molecule has 2 aromatic rings. The number of ether oxygens (including phenoxy) is 2. The molecule has 0 aromatic heterocycles. The lowest BCUT2D eigenvalue weighted by Crippen LogP contribution is -2.12. The number of hydrogen-bond donors (Lipinski definition) is 1. The van der Waals surface area contributed by atoms with E-state index in [0.717, 1.165) is 14.6 Å². The van der Waals surface area contributed by atoms with Crippen LogP contribution in [0.3, 0.4) is 0 Å². The average molecular weight is 429 g/mol. The summed E-state index contributed by atoms with van der Waals surface area (Å²) in [6.45, 7) is 0.967. The van der Waals surface area contributed by atoms with Gasteiger partial charge in [-0.3, -0.25) is 4.79 Å². The second-order valence-corrected chi connectivity index (χ2v) is 6.13. The number of anilines is 1. The molecule has 0 atom stereocenters. The SMILES string of the molecule is COCCOc1ccc(C(=O)Nc2ccccc2Br)cc1Br. The van der Waals surface area contributed by atoms with Gasteiger partial charge in [-0.2, -0.15) is 0 Å². The van der Waals surface area contributed by atoms with Gasteiger partial charge in [-0.15, -0.1) is 0 Å². The minimum atomic E-state index is -0.184. The third kappa shape index (κ3) is 4.56. The number of carbonyl (C=O) groups excluding carboxylic acids is 1. The fraction of sp³-hybridized carbons (Fsp3) is 0.188. The second kappa shape index (κ2) is 8.31. The monoisotopic (exact) mass is 427 g/mol. The molecular weight excluding hydrogens is 414 g/mol. The predicted octanol–water partition coefficient (Wildman–Crippen LogP) is 4.49. The van der Waals surface area contributed by atoms with Crippen molar-refractivity contribution < 1.29 is 14.3 Å². The highest BCUT2D eigenvalue weighted by Gasteiger charge is 2.11. The van der Waals surface area contributed by atoms with Crippen LogP contribution in [0.4, 0.5) is 5.69 Å². The van der Waals surface area contributed by atoms with Crippen LogP contribution in [0.25, 0.3) is 0 Å². The molecule has 0 spiro atoms. The third-order valence-electron chi connectivity index (χ3n) is 2.86. The Morgan fingerprint density at radius 3 is 2.55 bits per heavy atom. The highest BCUT2D eigenvalue weighted by Crippen LogP contribution is 2.27. The molecular formula is C16H15Br2NO3. The van der Waals surface area contributed by atoms with Gasteiger partial charge in [0, 0.05) is 17.1 Å². The van der Waals surface area contributed by atoms with E-state index in [4.69, 9.17) is 9.47 Å². The molecule has 22 heavy (non-hydrogen) atoms. The molecule has 116 valence electrons. The fourth-order valence-electron chi connectivity index (χ4n) is 1.75. The van der Waals surface area contributed by atoms with Crippen molar-refractivity contribution in [2.45, 2.75) is 0 Å². The van der Waals surface area contributed by atoms with Crippen LogP contribution in [-0.4, -0.2) is 26.2 Å². The molecule has 2 aromatic carbocycles. The minimum Gasteiger partial charge on any atom is -0.490 e. The lowest BCUT2D eigenvalue weighted by Gasteiger charge is -2.10. The normalized spacial score (nSPS) is 10.3. The summed E-state index contributed by atoms with van der Waals surface area (Å²) in [5, 5.41) is 2.86. The molecule has 0 heterocycles. The maximum absolute atomic E-state index is 12.3. The van der Waals surface area contributed by atoms with Crippen LogP contribution in [0.15, 0.2) is 51.4 Å². The topological polar surface area (TPSA) is 47.6 Å². The number of methoxy groups -OCH3 is 1. The largest absolute Gasteiger partial charge is 0.490 e. The molecule has 0 aliphatic heterocycles. The summed E-state index contributed by atoms with van der Waals surface area (Å²) in [4.78, 5) is 12.3. The lowest BCUT2D eigenvalue weighted by atomic mass is 10.2. The van der Waals surface area contributed by atoms with Crippen molar-refractivity contribution in [3.8, 4) is 5.75 Å². The molecule has 2 rings (SSSR count). The zero-order chi connectivity index (χ0) is 15.9. The number of para-hydroxylation sites is 1. The van der Waals surface area contributed by atoms with E-state index >= 15 is 0 Å². The van der Waals surface area contributed by atoms with Crippen molar-refractivity contribution in [2.24, 2.45) is 0 Å². The molecule has 0 saturated heterocycles. The van der Waals surface area contributed by atoms with Crippen molar-refractivity contribution in [2.75, 3.05) is 25.6 Å². The Kier molecular flexibility index (Phi) is 6.42. The first-order chi connectivity index (χ1) is 10.6. The van der Waals surface area contributed by atoms with Gasteiger partial charge in [-0.05, 0) is 62.2 Å². The van der Waals surface area contributed by atoms with Gasteiger partial charge >= 0.3 is 0 Å². The smallest absolute Gasteiger partial charge is 0.255 e. The van der Waals surface area contributed by atoms with E-state index in [0.29, 0.717) is 24.5 Å². The number of hydrogen-bond acceptors (Lipinski definition) is 3. The van der Waals surface area contributed by atoms with Gasteiger partial charge < -0.3 is 14.8 Å². The highest BCUT2D eigenvalue weighted by molar-refractivity contribution is 9.11. The van der Waals surface area contributed by atoms with Crippen LogP contribution in [0.1, 0.15) is 10.4 Å². The van der Waals surface area contributed by atoms with Crippen molar-refractivity contribution in [1.29, 1.82) is 0 Å². The maximum atomic E-state index is 12.3. The van der Waals surface area contributed by atoms with Crippen LogP contribution in [0.2, 0.25) is 0 Å². The molecule has 0 radical (unpaired) electrons. The Bertz CT molecular complexity index is 662. The minimum absolute atomic E-state index is 0.184. The van der Waals surface area contributed by atoms with Crippen LogP contribution >= 0.6 is 31.9 Å². The Balaban J connectivity index is 2.07. The van der Waals surface area contributed by atoms with E-state index in [1.54, 1.807) is 25.3 Å². The molecule has 0 unspecified atom stereocenters. The standard InChI is InChI=1S/C16H15Br2NO3/c1-21-8-9-22-15-7-6-11(10-13(15)18)16(20)19-14-5-3-2-4-12(14)17/h2-7,10H,8-9H2,1H3,(H,19,20). The van der Waals surface area contributed by atoms with Gasteiger partial charge in [0.25, 0.3) is 5.91 Å². The van der Waals surface area contributed by atoms with E-state index in [-0.39, 0.29) is 5.91 Å². The zero-order valence-corrected chi connectivity index (χ0v) is 15.1. The van der Waals surface area contributed by atoms with Crippen molar-refractivity contribution in [3.05, 3.63) is 57.0 Å². The van der Waals surface area contributed by atoms with E-state index in [2.05, 4.69) is 37.2 Å². The van der Waals surface area contributed by atoms with E-state index in [9.17, 15) is 4.79 Å². The predicted molar refractivity (Wildman–Crippen MR) is 93.6 cm³/mol. The summed E-state index contributed by atoms with van der Waals surface area (Å²) in [6.07, 6.45) is 0. The maximum Gasteiger partial charge on any atom is 0.255 e. The van der Waals surface area contributed by atoms with E-state index < -0.39 is 0 Å². The van der Waals surface area contributed by atoms with Crippen molar-refractivity contribution in [1.82, 2.24) is 0 Å². The Hall–Kier alpha value is -1.37. The summed E-state index contributed by atoms with van der Waals surface area (Å²) < 4.78 is 12.0. The zero-order valence-electron chi connectivity index (χ0n) is 11.9. The third-order valence-corrected chi connectivity index (χ3v) is 4.17. The molecule has 6 heteroatoms. The molecule has 1 amide bonds. The van der Waals surface area contributed by atoms with Gasteiger partial charge in [-0.25, -0.2) is 0 Å². The number of nitrogens with one attached hydrogen (secondary N) is 1. The fourth-order valence-corrected chi connectivity index (χ4v) is 2.63. The molecule has 0 bridgehead atoms. The summed E-state index contributed by atoms with van der Waals surface area (Å²) in [5.74, 6) is 0.491. The van der Waals surface area contributed by atoms with Gasteiger partial charge in [-0.1, -0.05) is 12.1 Å². The second-order valence-electron chi connectivity index (χ2n) is 4.42. The Morgan fingerprint density at radius 2 is 1.86 bits per heavy atom. The summed E-state index contributed by atoms with van der Waals surface area (Å²) in [6, 6.07) is 12.7. The van der Waals surface area contributed by atoms with Crippen LogP contribution < -0.4 is 10.1 Å². The summed E-state index contributed by atoms with van der Waals surface area (Å²) in [7, 11) is 1.62. The number of halogens is 2. The molecule has 1 N–H and O–H groups in total. The summed E-state index contributed by atoms with van der Waals surface area (Å²) in [5.41, 5.74) is 1.27. The van der Waals surface area contributed by atoms with Gasteiger partial charge in [0.1, 0.15) is 12.4 Å². The molecule has 0 aliphatic rings. The first-order valence-corrected chi connectivity index (χ1v) is 8.17. The van der Waals surface area contributed by atoms with Crippen LogP contribution in [0.5, 0.6) is 5.75 Å². The van der Waals surface area contributed by atoms with E-state index in [1.165, 1.54) is 0 Å². The highest BCUT2D eigenvalue weighted by atomic mass is 79.9. The Labute approximate surface area is 146 Å². The number of benzene rings is 2.